The molecule has 0 bridgehead atoms. The lowest BCUT2D eigenvalue weighted by molar-refractivity contribution is -0.117. The Balaban J connectivity index is 1.78. The van der Waals surface area contributed by atoms with Crippen LogP contribution in [-0.2, 0) is 11.3 Å². The van der Waals surface area contributed by atoms with Crippen molar-refractivity contribution >= 4 is 29.5 Å². The minimum Gasteiger partial charge on any atom is -0.506 e. The molecule has 2 heterocycles. The van der Waals surface area contributed by atoms with Crippen molar-refractivity contribution in [1.29, 1.82) is 0 Å². The summed E-state index contributed by atoms with van der Waals surface area (Å²) in [6.07, 6.45) is 1.71. The number of halogens is 1. The van der Waals surface area contributed by atoms with E-state index in [2.05, 4.69) is 15.0 Å². The third-order valence-electron chi connectivity index (χ3n) is 3.84. The largest absolute Gasteiger partial charge is 0.506 e. The highest BCUT2D eigenvalue weighted by Gasteiger charge is 2.26. The number of carbonyl (C=O) groups excluding carboxylic acids is 1. The number of aromatic nitrogens is 1. The van der Waals surface area contributed by atoms with Gasteiger partial charge in [-0.05, 0) is 48.7 Å². The molecule has 1 aliphatic rings. The van der Waals surface area contributed by atoms with Crippen molar-refractivity contribution in [1.82, 2.24) is 9.71 Å². The van der Waals surface area contributed by atoms with E-state index in [4.69, 9.17) is 0 Å². The number of carbonyl (C=O) groups is 1. The molecule has 1 amide bonds. The molecule has 8 heteroatoms. The Kier molecular flexibility index (Phi) is 4.48. The van der Waals surface area contributed by atoms with Crippen LogP contribution in [0.5, 0.6) is 5.75 Å². The number of pyridine rings is 1. The average Bonchev–Trinajstić information content (AvgIpc) is 2.94. The van der Waals surface area contributed by atoms with Crippen LogP contribution in [0.3, 0.4) is 0 Å². The van der Waals surface area contributed by atoms with E-state index in [0.717, 1.165) is 29.1 Å². The van der Waals surface area contributed by atoms with E-state index in [1.54, 1.807) is 6.20 Å². The average molecular weight is 348 g/mol. The van der Waals surface area contributed by atoms with Crippen molar-refractivity contribution in [2.75, 3.05) is 16.2 Å². The number of amides is 1. The molecule has 3 rings (SSSR count). The standard InChI is InChI=1S/C16H17FN4O2S/c1-9-3-4-18-16(10(9)2)19-7-11-5-12(17)15(13(22)6-11)21-8-14(23)20-24-21/h3-6,22H,7-8H2,1-2H3,(H,18,19)(H,20,23). The fourth-order valence-electron chi connectivity index (χ4n) is 2.41. The number of hydrogen-bond donors (Lipinski definition) is 3. The lowest BCUT2D eigenvalue weighted by Crippen LogP contribution is -2.16. The number of phenolic OH excluding ortho intramolecular Hbond substituents is 1. The van der Waals surface area contributed by atoms with Crippen LogP contribution in [0.4, 0.5) is 15.9 Å². The lowest BCUT2D eigenvalue weighted by atomic mass is 10.1. The molecule has 0 aliphatic carbocycles. The second-order valence-corrected chi connectivity index (χ2v) is 6.38. The van der Waals surface area contributed by atoms with Crippen molar-refractivity contribution < 1.29 is 14.3 Å². The van der Waals surface area contributed by atoms with E-state index < -0.39 is 5.82 Å². The maximum absolute atomic E-state index is 14.4. The smallest absolute Gasteiger partial charge is 0.251 e. The van der Waals surface area contributed by atoms with Gasteiger partial charge in [-0.1, -0.05) is 0 Å². The Labute approximate surface area is 143 Å². The molecular formula is C16H17FN4O2S. The highest BCUT2D eigenvalue weighted by molar-refractivity contribution is 7.99. The number of anilines is 2. The Bertz CT molecular complexity index is 777. The Hall–Kier alpha value is -2.48. The number of nitrogens with zero attached hydrogens (tertiary/aromatic N) is 2. The first kappa shape index (κ1) is 16.4. The molecule has 1 fully saturated rings. The molecular weight excluding hydrogens is 331 g/mol. The number of aryl methyl sites for hydroxylation is 1. The van der Waals surface area contributed by atoms with Gasteiger partial charge in [0.25, 0.3) is 5.91 Å². The number of phenols is 1. The summed E-state index contributed by atoms with van der Waals surface area (Å²) < 4.78 is 18.2. The summed E-state index contributed by atoms with van der Waals surface area (Å²) in [6.45, 7) is 4.28. The summed E-state index contributed by atoms with van der Waals surface area (Å²) >= 11 is 0.960. The van der Waals surface area contributed by atoms with Crippen LogP contribution in [0, 0.1) is 19.7 Å². The fraction of sp³-hybridized carbons (Fsp3) is 0.250. The molecule has 1 aliphatic heterocycles. The van der Waals surface area contributed by atoms with Gasteiger partial charge in [0.15, 0.2) is 5.82 Å². The van der Waals surface area contributed by atoms with E-state index in [-0.39, 0.29) is 23.9 Å². The van der Waals surface area contributed by atoms with Crippen LogP contribution >= 0.6 is 12.1 Å². The van der Waals surface area contributed by atoms with Gasteiger partial charge in [-0.3, -0.25) is 13.8 Å². The van der Waals surface area contributed by atoms with Crippen LogP contribution < -0.4 is 14.3 Å². The minimum absolute atomic E-state index is 0.000843. The maximum atomic E-state index is 14.4. The van der Waals surface area contributed by atoms with Crippen molar-refractivity contribution in [2.24, 2.45) is 0 Å². The Morgan fingerprint density at radius 3 is 2.92 bits per heavy atom. The van der Waals surface area contributed by atoms with Gasteiger partial charge in [-0.2, -0.15) is 0 Å². The molecule has 2 aromatic rings. The summed E-state index contributed by atoms with van der Waals surface area (Å²) in [5.74, 6) is -0.288. The molecule has 126 valence electrons. The van der Waals surface area contributed by atoms with E-state index in [1.165, 1.54) is 16.4 Å². The maximum Gasteiger partial charge on any atom is 0.251 e. The quantitative estimate of drug-likeness (QED) is 0.738. The van der Waals surface area contributed by atoms with Gasteiger partial charge in [0.1, 0.15) is 23.8 Å². The molecule has 0 saturated carbocycles. The van der Waals surface area contributed by atoms with E-state index in [0.29, 0.717) is 12.1 Å². The number of benzene rings is 1. The second kappa shape index (κ2) is 6.56. The Morgan fingerprint density at radius 1 is 1.46 bits per heavy atom. The fourth-order valence-corrected chi connectivity index (χ4v) is 3.14. The molecule has 3 N–H and O–H groups in total. The molecule has 0 spiro atoms. The van der Waals surface area contributed by atoms with Gasteiger partial charge >= 0.3 is 0 Å². The van der Waals surface area contributed by atoms with Gasteiger partial charge in [0.05, 0.1) is 12.1 Å². The third-order valence-corrected chi connectivity index (χ3v) is 4.70. The number of hydrogen-bond acceptors (Lipinski definition) is 6. The highest BCUT2D eigenvalue weighted by Crippen LogP contribution is 2.36. The van der Waals surface area contributed by atoms with Crippen LogP contribution in [0.1, 0.15) is 16.7 Å². The van der Waals surface area contributed by atoms with Gasteiger partial charge in [-0.25, -0.2) is 9.37 Å². The summed E-state index contributed by atoms with van der Waals surface area (Å²) in [6, 6.07) is 4.75. The first-order valence-electron chi connectivity index (χ1n) is 7.36. The second-order valence-electron chi connectivity index (χ2n) is 5.55. The SMILES string of the molecule is Cc1ccnc(NCc2cc(O)c(N3CC(=O)NS3)c(F)c2)c1C. The van der Waals surface area contributed by atoms with Crippen molar-refractivity contribution in [3.8, 4) is 5.75 Å². The molecule has 0 unspecified atom stereocenters. The lowest BCUT2D eigenvalue weighted by Gasteiger charge is -2.17. The summed E-state index contributed by atoms with van der Waals surface area (Å²) in [4.78, 5) is 15.5. The highest BCUT2D eigenvalue weighted by atomic mass is 32.2. The zero-order valence-electron chi connectivity index (χ0n) is 13.3. The van der Waals surface area contributed by atoms with Gasteiger partial charge < -0.3 is 10.4 Å². The number of nitrogens with one attached hydrogen (secondary N) is 2. The first-order valence-corrected chi connectivity index (χ1v) is 8.14. The van der Waals surface area contributed by atoms with Gasteiger partial charge in [-0.15, -0.1) is 0 Å². The minimum atomic E-state index is -0.579. The molecule has 1 aromatic heterocycles. The molecule has 0 radical (unpaired) electrons. The molecule has 1 aromatic carbocycles. The van der Waals surface area contributed by atoms with Crippen LogP contribution in [0.25, 0.3) is 0 Å². The zero-order valence-corrected chi connectivity index (χ0v) is 14.1. The first-order chi connectivity index (χ1) is 11.5. The van der Waals surface area contributed by atoms with E-state index in [9.17, 15) is 14.3 Å². The summed E-state index contributed by atoms with van der Waals surface area (Å²) in [5, 5.41) is 13.3. The zero-order chi connectivity index (χ0) is 17.3. The normalized spacial score (nSPS) is 14.0. The number of rotatable bonds is 4. The van der Waals surface area contributed by atoms with Crippen molar-refractivity contribution in [2.45, 2.75) is 20.4 Å². The predicted molar refractivity (Wildman–Crippen MR) is 92.2 cm³/mol. The van der Waals surface area contributed by atoms with Crippen LogP contribution in [-0.4, -0.2) is 22.5 Å². The van der Waals surface area contributed by atoms with Crippen molar-refractivity contribution in [3.63, 3.8) is 0 Å². The topological polar surface area (TPSA) is 77.5 Å². The van der Waals surface area contributed by atoms with Gasteiger partial charge in [0, 0.05) is 12.7 Å². The van der Waals surface area contributed by atoms with Crippen molar-refractivity contribution in [3.05, 3.63) is 46.9 Å². The van der Waals surface area contributed by atoms with Gasteiger partial charge in [0.2, 0.25) is 0 Å². The molecule has 1 saturated heterocycles. The molecule has 0 atom stereocenters. The predicted octanol–water partition coefficient (Wildman–Crippen LogP) is 2.65. The number of aromatic hydroxyl groups is 1. The summed E-state index contributed by atoms with van der Waals surface area (Å²) in [5.41, 5.74) is 2.73. The van der Waals surface area contributed by atoms with Crippen LogP contribution in [0.2, 0.25) is 0 Å². The third kappa shape index (κ3) is 3.23. The molecule has 24 heavy (non-hydrogen) atoms. The molecule has 6 nitrogen and oxygen atoms in total. The summed E-state index contributed by atoms with van der Waals surface area (Å²) in [7, 11) is 0. The van der Waals surface area contributed by atoms with E-state index in [1.807, 2.05) is 19.9 Å². The Morgan fingerprint density at radius 2 is 2.25 bits per heavy atom. The van der Waals surface area contributed by atoms with Crippen LogP contribution in [0.15, 0.2) is 24.4 Å². The monoisotopic (exact) mass is 348 g/mol. The van der Waals surface area contributed by atoms with E-state index >= 15 is 0 Å².